The van der Waals surface area contributed by atoms with Crippen LogP contribution in [0, 0.1) is 17.8 Å². The number of amides is 2. The summed E-state index contributed by atoms with van der Waals surface area (Å²) in [5, 5.41) is 0. The standard InChI is InChI=1S/C23H34N2O2/c1-3-24(17-19-9-5-4-6-10-19)22(26)20-11-13-21(14-12-20)23(27)25-15-7-8-18(2)16-25/h4-6,9-10,18,20-21H,3,7-8,11-17H2,1-2H3. The molecule has 4 heteroatoms. The maximum absolute atomic E-state index is 13.0. The topological polar surface area (TPSA) is 40.6 Å². The third-order valence-corrected chi connectivity index (χ3v) is 6.30. The average molecular weight is 371 g/mol. The first-order valence-electron chi connectivity index (χ1n) is 10.7. The second-order valence-electron chi connectivity index (χ2n) is 8.42. The van der Waals surface area contributed by atoms with Gasteiger partial charge in [-0.2, -0.15) is 0 Å². The fraction of sp³-hybridized carbons (Fsp3) is 0.652. The summed E-state index contributed by atoms with van der Waals surface area (Å²) < 4.78 is 0. The van der Waals surface area contributed by atoms with Crippen molar-refractivity contribution < 1.29 is 9.59 Å². The number of nitrogens with zero attached hydrogens (tertiary/aromatic N) is 2. The maximum Gasteiger partial charge on any atom is 0.225 e. The van der Waals surface area contributed by atoms with Gasteiger partial charge in [0.2, 0.25) is 11.8 Å². The Morgan fingerprint density at radius 1 is 1.04 bits per heavy atom. The van der Waals surface area contributed by atoms with Crippen LogP contribution < -0.4 is 0 Å². The lowest BCUT2D eigenvalue weighted by atomic mass is 9.80. The molecule has 1 aliphatic heterocycles. The number of benzene rings is 1. The smallest absolute Gasteiger partial charge is 0.225 e. The number of rotatable bonds is 5. The van der Waals surface area contributed by atoms with Crippen molar-refractivity contribution in [1.29, 1.82) is 0 Å². The van der Waals surface area contributed by atoms with Gasteiger partial charge in [0.15, 0.2) is 0 Å². The largest absolute Gasteiger partial charge is 0.342 e. The van der Waals surface area contributed by atoms with E-state index < -0.39 is 0 Å². The van der Waals surface area contributed by atoms with Crippen LogP contribution >= 0.6 is 0 Å². The molecular weight excluding hydrogens is 336 g/mol. The minimum absolute atomic E-state index is 0.0815. The lowest BCUT2D eigenvalue weighted by Gasteiger charge is -2.36. The Kier molecular flexibility index (Phi) is 6.92. The number of likely N-dealkylation sites (tertiary alicyclic amines) is 1. The van der Waals surface area contributed by atoms with Crippen LogP contribution in [-0.2, 0) is 16.1 Å². The van der Waals surface area contributed by atoms with Crippen LogP contribution in [0.3, 0.4) is 0 Å². The highest BCUT2D eigenvalue weighted by Gasteiger charge is 2.34. The van der Waals surface area contributed by atoms with Gasteiger partial charge < -0.3 is 9.80 Å². The van der Waals surface area contributed by atoms with Crippen LogP contribution in [0.15, 0.2) is 30.3 Å². The van der Waals surface area contributed by atoms with E-state index in [0.717, 1.165) is 51.7 Å². The van der Waals surface area contributed by atoms with E-state index in [2.05, 4.69) is 24.0 Å². The van der Waals surface area contributed by atoms with Gasteiger partial charge in [-0.3, -0.25) is 9.59 Å². The minimum atomic E-state index is 0.0815. The van der Waals surface area contributed by atoms with Crippen molar-refractivity contribution in [1.82, 2.24) is 9.80 Å². The molecule has 1 saturated carbocycles. The lowest BCUT2D eigenvalue weighted by Crippen LogP contribution is -2.44. The van der Waals surface area contributed by atoms with Gasteiger partial charge in [-0.15, -0.1) is 0 Å². The van der Waals surface area contributed by atoms with Gasteiger partial charge in [-0.05, 0) is 56.9 Å². The highest BCUT2D eigenvalue weighted by molar-refractivity contribution is 5.81. The normalized spacial score (nSPS) is 25.9. The summed E-state index contributed by atoms with van der Waals surface area (Å²) in [7, 11) is 0. The molecule has 148 valence electrons. The van der Waals surface area contributed by atoms with E-state index in [4.69, 9.17) is 0 Å². The van der Waals surface area contributed by atoms with Gasteiger partial charge in [-0.25, -0.2) is 0 Å². The molecule has 1 aromatic carbocycles. The molecule has 1 atom stereocenters. The highest BCUT2D eigenvalue weighted by atomic mass is 16.2. The number of piperidine rings is 1. The van der Waals surface area contributed by atoms with Crippen LogP contribution in [0.1, 0.15) is 57.9 Å². The predicted octanol–water partition coefficient (Wildman–Crippen LogP) is 4.10. The maximum atomic E-state index is 13.0. The highest BCUT2D eigenvalue weighted by Crippen LogP contribution is 2.32. The molecule has 3 rings (SSSR count). The first-order valence-corrected chi connectivity index (χ1v) is 10.7. The molecule has 1 aromatic rings. The summed E-state index contributed by atoms with van der Waals surface area (Å²) in [4.78, 5) is 29.9. The van der Waals surface area contributed by atoms with E-state index in [0.29, 0.717) is 18.4 Å². The summed E-state index contributed by atoms with van der Waals surface area (Å²) in [6.07, 6.45) is 5.80. The third-order valence-electron chi connectivity index (χ3n) is 6.30. The van der Waals surface area contributed by atoms with E-state index >= 15 is 0 Å². The second kappa shape index (κ2) is 9.38. The Morgan fingerprint density at radius 3 is 2.33 bits per heavy atom. The molecule has 1 aliphatic carbocycles. The Morgan fingerprint density at radius 2 is 1.70 bits per heavy atom. The molecule has 2 amide bonds. The van der Waals surface area contributed by atoms with Crippen LogP contribution in [0.5, 0.6) is 0 Å². The van der Waals surface area contributed by atoms with E-state index in [1.54, 1.807) is 0 Å². The number of hydrogen-bond donors (Lipinski definition) is 0. The van der Waals surface area contributed by atoms with E-state index in [1.165, 1.54) is 12.0 Å². The molecule has 2 aliphatic rings. The van der Waals surface area contributed by atoms with E-state index in [9.17, 15) is 9.59 Å². The molecule has 1 unspecified atom stereocenters. The van der Waals surface area contributed by atoms with E-state index in [1.807, 2.05) is 30.0 Å². The summed E-state index contributed by atoms with van der Waals surface area (Å²) in [6.45, 7) is 7.54. The quantitative estimate of drug-likeness (QED) is 0.783. The first kappa shape index (κ1) is 19.9. The molecule has 0 spiro atoms. The molecule has 1 heterocycles. The van der Waals surface area contributed by atoms with Crippen LogP contribution in [0.4, 0.5) is 0 Å². The molecule has 4 nitrogen and oxygen atoms in total. The van der Waals surface area contributed by atoms with Gasteiger partial charge in [0, 0.05) is 38.0 Å². The zero-order valence-corrected chi connectivity index (χ0v) is 16.9. The predicted molar refractivity (Wildman–Crippen MR) is 108 cm³/mol. The minimum Gasteiger partial charge on any atom is -0.342 e. The van der Waals surface area contributed by atoms with Gasteiger partial charge in [0.1, 0.15) is 0 Å². The first-order chi connectivity index (χ1) is 13.1. The Labute approximate surface area is 163 Å². The van der Waals surface area contributed by atoms with E-state index in [-0.39, 0.29) is 17.7 Å². The fourth-order valence-corrected chi connectivity index (χ4v) is 4.64. The zero-order chi connectivity index (χ0) is 19.2. The Bertz CT molecular complexity index is 623. The molecule has 0 N–H and O–H groups in total. The third kappa shape index (κ3) is 5.12. The molecule has 27 heavy (non-hydrogen) atoms. The van der Waals surface area contributed by atoms with Gasteiger partial charge in [0.05, 0.1) is 0 Å². The van der Waals surface area contributed by atoms with Crippen molar-refractivity contribution in [2.24, 2.45) is 17.8 Å². The Balaban J connectivity index is 1.51. The average Bonchev–Trinajstić information content (AvgIpc) is 2.72. The summed E-state index contributed by atoms with van der Waals surface area (Å²) in [6, 6.07) is 10.2. The van der Waals surface area contributed by atoms with Crippen LogP contribution in [-0.4, -0.2) is 41.2 Å². The van der Waals surface area contributed by atoms with Crippen molar-refractivity contribution >= 4 is 11.8 Å². The van der Waals surface area contributed by atoms with Crippen LogP contribution in [0.2, 0.25) is 0 Å². The molecule has 0 aromatic heterocycles. The molecule has 0 bridgehead atoms. The second-order valence-corrected chi connectivity index (χ2v) is 8.42. The Hall–Kier alpha value is -1.84. The summed E-state index contributed by atoms with van der Waals surface area (Å²) in [5.74, 6) is 1.43. The monoisotopic (exact) mass is 370 g/mol. The fourth-order valence-electron chi connectivity index (χ4n) is 4.64. The molecule has 1 saturated heterocycles. The van der Waals surface area contributed by atoms with Gasteiger partial charge in [-0.1, -0.05) is 37.3 Å². The lowest BCUT2D eigenvalue weighted by molar-refractivity contribution is -0.142. The van der Waals surface area contributed by atoms with Crippen molar-refractivity contribution in [2.75, 3.05) is 19.6 Å². The molecule has 2 fully saturated rings. The van der Waals surface area contributed by atoms with Crippen LogP contribution in [0.25, 0.3) is 0 Å². The van der Waals surface area contributed by atoms with Crippen molar-refractivity contribution in [3.63, 3.8) is 0 Å². The summed E-state index contributed by atoms with van der Waals surface area (Å²) >= 11 is 0. The van der Waals surface area contributed by atoms with Crippen molar-refractivity contribution in [3.8, 4) is 0 Å². The zero-order valence-electron chi connectivity index (χ0n) is 16.9. The number of carbonyl (C=O) groups is 2. The molecular formula is C23H34N2O2. The van der Waals surface area contributed by atoms with Crippen molar-refractivity contribution in [2.45, 2.75) is 58.9 Å². The van der Waals surface area contributed by atoms with Gasteiger partial charge in [0.25, 0.3) is 0 Å². The SMILES string of the molecule is CCN(Cc1ccccc1)C(=O)C1CCC(C(=O)N2CCCC(C)C2)CC1. The number of hydrogen-bond acceptors (Lipinski definition) is 2. The molecule has 0 radical (unpaired) electrons. The number of carbonyl (C=O) groups excluding carboxylic acids is 2. The van der Waals surface area contributed by atoms with Gasteiger partial charge >= 0.3 is 0 Å². The van der Waals surface area contributed by atoms with Crippen molar-refractivity contribution in [3.05, 3.63) is 35.9 Å². The summed E-state index contributed by atoms with van der Waals surface area (Å²) in [5.41, 5.74) is 1.18.